The third-order valence-electron chi connectivity index (χ3n) is 3.24. The number of carbonyl (C=O) groups is 2. The molecule has 0 saturated carbocycles. The molecule has 0 bridgehead atoms. The number of methoxy groups -OCH3 is 1. The third-order valence-corrected chi connectivity index (χ3v) is 4.46. The molecule has 1 amide bonds. The fourth-order valence-electron chi connectivity index (χ4n) is 2.09. The first kappa shape index (κ1) is 20.3. The van der Waals surface area contributed by atoms with E-state index < -0.39 is 18.5 Å². The maximum absolute atomic E-state index is 12.2. The Morgan fingerprint density at radius 2 is 1.96 bits per heavy atom. The third kappa shape index (κ3) is 5.25. The summed E-state index contributed by atoms with van der Waals surface area (Å²) < 4.78 is 16.5. The molecule has 0 saturated heterocycles. The number of esters is 1. The van der Waals surface area contributed by atoms with Crippen molar-refractivity contribution in [3.05, 3.63) is 50.6 Å². The Morgan fingerprint density at radius 1 is 1.23 bits per heavy atom. The average molecular weight is 490 g/mol. The van der Waals surface area contributed by atoms with Crippen LogP contribution in [0.25, 0.3) is 0 Å². The number of para-hydroxylation sites is 1. The second kappa shape index (κ2) is 9.63. The molecule has 0 radical (unpaired) electrons. The van der Waals surface area contributed by atoms with E-state index >= 15 is 0 Å². The number of anilines is 1. The second-order valence-electron chi connectivity index (χ2n) is 5.03. The molecule has 0 heterocycles. The van der Waals surface area contributed by atoms with Gasteiger partial charge in [-0.3, -0.25) is 4.79 Å². The van der Waals surface area contributed by atoms with E-state index in [4.69, 9.17) is 25.8 Å². The van der Waals surface area contributed by atoms with Crippen LogP contribution in [0.5, 0.6) is 11.5 Å². The van der Waals surface area contributed by atoms with Crippen LogP contribution in [-0.4, -0.2) is 32.2 Å². The van der Waals surface area contributed by atoms with E-state index in [0.717, 1.165) is 3.57 Å². The molecule has 6 nitrogen and oxygen atoms in total. The summed E-state index contributed by atoms with van der Waals surface area (Å²) in [5.41, 5.74) is 0.817. The Hall–Kier alpha value is -2.00. The molecular formula is C18H17ClINO5. The van der Waals surface area contributed by atoms with E-state index in [2.05, 4.69) is 27.9 Å². The van der Waals surface area contributed by atoms with Crippen molar-refractivity contribution in [2.24, 2.45) is 0 Å². The van der Waals surface area contributed by atoms with Crippen LogP contribution in [0.3, 0.4) is 0 Å². The predicted octanol–water partition coefficient (Wildman–Crippen LogP) is 4.15. The molecule has 0 unspecified atom stereocenters. The minimum Gasteiger partial charge on any atom is -0.493 e. The Morgan fingerprint density at radius 3 is 2.62 bits per heavy atom. The summed E-state index contributed by atoms with van der Waals surface area (Å²) in [5.74, 6) is -0.461. The molecule has 0 aliphatic carbocycles. The van der Waals surface area contributed by atoms with Gasteiger partial charge in [0.15, 0.2) is 18.1 Å². The molecule has 26 heavy (non-hydrogen) atoms. The number of carbonyl (C=O) groups excluding carboxylic acids is 2. The molecule has 2 aromatic rings. The maximum atomic E-state index is 12.2. The smallest absolute Gasteiger partial charge is 0.338 e. The Labute approximate surface area is 169 Å². The zero-order chi connectivity index (χ0) is 19.1. The fraction of sp³-hybridized carbons (Fsp3) is 0.222. The minimum absolute atomic E-state index is 0.164. The van der Waals surface area contributed by atoms with E-state index in [-0.39, 0.29) is 10.6 Å². The number of ether oxygens (including phenoxy) is 3. The van der Waals surface area contributed by atoms with Gasteiger partial charge in [-0.05, 0) is 53.8 Å². The summed E-state index contributed by atoms with van der Waals surface area (Å²) >= 11 is 8.23. The molecule has 0 fully saturated rings. The highest BCUT2D eigenvalue weighted by Gasteiger charge is 2.17. The lowest BCUT2D eigenvalue weighted by Crippen LogP contribution is -2.21. The topological polar surface area (TPSA) is 73.9 Å². The molecule has 2 rings (SSSR count). The van der Waals surface area contributed by atoms with E-state index in [1.165, 1.54) is 19.2 Å². The molecule has 0 spiro atoms. The fourth-order valence-corrected chi connectivity index (χ4v) is 2.87. The highest BCUT2D eigenvalue weighted by Crippen LogP contribution is 2.36. The van der Waals surface area contributed by atoms with Gasteiger partial charge in [0.25, 0.3) is 5.91 Å². The summed E-state index contributed by atoms with van der Waals surface area (Å²) in [6.07, 6.45) is 0. The molecule has 0 aromatic heterocycles. The number of benzene rings is 2. The Kier molecular flexibility index (Phi) is 7.52. The number of hydrogen-bond donors (Lipinski definition) is 1. The van der Waals surface area contributed by atoms with Crippen LogP contribution in [0.2, 0.25) is 5.02 Å². The number of rotatable bonds is 7. The van der Waals surface area contributed by atoms with Crippen molar-refractivity contribution < 1.29 is 23.8 Å². The number of hydrogen-bond acceptors (Lipinski definition) is 5. The van der Waals surface area contributed by atoms with Crippen LogP contribution in [0, 0.1) is 3.57 Å². The van der Waals surface area contributed by atoms with Crippen LogP contribution < -0.4 is 14.8 Å². The zero-order valence-electron chi connectivity index (χ0n) is 14.2. The SMILES string of the molecule is CCOc1c(Cl)cc(C(=O)OCC(=O)Nc2ccccc2I)cc1OC. The summed E-state index contributed by atoms with van der Waals surface area (Å²) in [7, 11) is 1.44. The first-order valence-electron chi connectivity index (χ1n) is 7.68. The first-order chi connectivity index (χ1) is 12.5. The standard InChI is InChI=1S/C18H17ClINO5/c1-3-25-17-12(19)8-11(9-15(17)24-2)18(23)26-10-16(22)21-14-7-5-4-6-13(14)20/h4-9H,3,10H2,1-2H3,(H,21,22). The first-order valence-corrected chi connectivity index (χ1v) is 9.13. The van der Waals surface area contributed by atoms with Crippen LogP contribution in [0.1, 0.15) is 17.3 Å². The summed E-state index contributed by atoms with van der Waals surface area (Å²) in [4.78, 5) is 24.2. The lowest BCUT2D eigenvalue weighted by atomic mass is 10.2. The van der Waals surface area contributed by atoms with Gasteiger partial charge in [-0.2, -0.15) is 0 Å². The van der Waals surface area contributed by atoms with Crippen molar-refractivity contribution in [3.8, 4) is 11.5 Å². The van der Waals surface area contributed by atoms with Crippen molar-refractivity contribution >= 4 is 51.8 Å². The minimum atomic E-state index is -0.689. The van der Waals surface area contributed by atoms with Crippen LogP contribution >= 0.6 is 34.2 Å². The van der Waals surface area contributed by atoms with Crippen molar-refractivity contribution in [3.63, 3.8) is 0 Å². The predicted molar refractivity (Wildman–Crippen MR) is 107 cm³/mol. The van der Waals surface area contributed by atoms with Crippen LogP contribution in [0.4, 0.5) is 5.69 Å². The molecule has 0 atom stereocenters. The van der Waals surface area contributed by atoms with Gasteiger partial charge in [-0.25, -0.2) is 4.79 Å². The van der Waals surface area contributed by atoms with Crippen LogP contribution in [-0.2, 0) is 9.53 Å². The summed E-state index contributed by atoms with van der Waals surface area (Å²) in [6.45, 7) is 1.79. The van der Waals surface area contributed by atoms with Gasteiger partial charge in [-0.15, -0.1) is 0 Å². The quantitative estimate of drug-likeness (QED) is 0.467. The lowest BCUT2D eigenvalue weighted by molar-refractivity contribution is -0.119. The summed E-state index contributed by atoms with van der Waals surface area (Å²) in [5, 5.41) is 2.91. The molecule has 138 valence electrons. The number of halogens is 2. The van der Waals surface area contributed by atoms with Gasteiger partial charge in [-0.1, -0.05) is 23.7 Å². The van der Waals surface area contributed by atoms with Gasteiger partial charge < -0.3 is 19.5 Å². The van der Waals surface area contributed by atoms with Crippen molar-refractivity contribution in [1.82, 2.24) is 0 Å². The number of nitrogens with one attached hydrogen (secondary N) is 1. The van der Waals surface area contributed by atoms with E-state index in [9.17, 15) is 9.59 Å². The maximum Gasteiger partial charge on any atom is 0.338 e. The normalized spacial score (nSPS) is 10.2. The van der Waals surface area contributed by atoms with Gasteiger partial charge in [0.2, 0.25) is 0 Å². The van der Waals surface area contributed by atoms with E-state index in [0.29, 0.717) is 23.8 Å². The molecular weight excluding hydrogens is 473 g/mol. The van der Waals surface area contributed by atoms with Gasteiger partial charge in [0.05, 0.1) is 30.0 Å². The van der Waals surface area contributed by atoms with Gasteiger partial charge in [0, 0.05) is 3.57 Å². The second-order valence-corrected chi connectivity index (χ2v) is 6.60. The largest absolute Gasteiger partial charge is 0.493 e. The molecule has 8 heteroatoms. The van der Waals surface area contributed by atoms with Crippen molar-refractivity contribution in [2.45, 2.75) is 6.92 Å². The van der Waals surface area contributed by atoms with Gasteiger partial charge in [0.1, 0.15) is 0 Å². The summed E-state index contributed by atoms with van der Waals surface area (Å²) in [6, 6.07) is 10.2. The molecule has 2 aromatic carbocycles. The molecule has 0 aliphatic heterocycles. The Bertz CT molecular complexity index is 812. The van der Waals surface area contributed by atoms with Crippen LogP contribution in [0.15, 0.2) is 36.4 Å². The van der Waals surface area contributed by atoms with Crippen molar-refractivity contribution in [2.75, 3.05) is 25.6 Å². The zero-order valence-corrected chi connectivity index (χ0v) is 17.1. The molecule has 0 aliphatic rings. The Balaban J connectivity index is 2.02. The molecule has 1 N–H and O–H groups in total. The van der Waals surface area contributed by atoms with E-state index in [1.807, 2.05) is 19.1 Å². The lowest BCUT2D eigenvalue weighted by Gasteiger charge is -2.13. The highest BCUT2D eigenvalue weighted by molar-refractivity contribution is 14.1. The highest BCUT2D eigenvalue weighted by atomic mass is 127. The number of amides is 1. The average Bonchev–Trinajstić information content (AvgIpc) is 2.63. The van der Waals surface area contributed by atoms with Crippen molar-refractivity contribution in [1.29, 1.82) is 0 Å². The van der Waals surface area contributed by atoms with Gasteiger partial charge >= 0.3 is 5.97 Å². The van der Waals surface area contributed by atoms with E-state index in [1.54, 1.807) is 12.1 Å². The monoisotopic (exact) mass is 489 g/mol.